The highest BCUT2D eigenvalue weighted by molar-refractivity contribution is 5.26. The van der Waals surface area contributed by atoms with E-state index in [2.05, 4.69) is 26.7 Å². The molecule has 3 aromatic rings. The summed E-state index contributed by atoms with van der Waals surface area (Å²) >= 11 is 0. The zero-order valence-electron chi connectivity index (χ0n) is 10.1. The van der Waals surface area contributed by atoms with Gasteiger partial charge in [0, 0.05) is 31.8 Å². The summed E-state index contributed by atoms with van der Waals surface area (Å²) in [6.45, 7) is 0. The lowest BCUT2D eigenvalue weighted by atomic mass is 10.1. The molecule has 0 aliphatic carbocycles. The molecule has 0 spiro atoms. The minimum atomic E-state index is 0.0636. The van der Waals surface area contributed by atoms with E-state index in [9.17, 15) is 0 Å². The maximum absolute atomic E-state index is 4.46. The van der Waals surface area contributed by atoms with Crippen molar-refractivity contribution in [3.8, 4) is 0 Å². The number of imidazole rings is 2. The quantitative estimate of drug-likeness (QED) is 0.701. The molecule has 0 N–H and O–H groups in total. The second-order valence-electron chi connectivity index (χ2n) is 4.22. The van der Waals surface area contributed by atoms with Gasteiger partial charge in [-0.3, -0.25) is 0 Å². The van der Waals surface area contributed by atoms with Gasteiger partial charge in [0.05, 0.1) is 6.33 Å². The highest BCUT2D eigenvalue weighted by Crippen LogP contribution is 2.24. The largest absolute Gasteiger partial charge is 0.336 e. The first kappa shape index (κ1) is 10.8. The first-order valence-electron chi connectivity index (χ1n) is 5.86. The predicted octanol–water partition coefficient (Wildman–Crippen LogP) is 2.25. The van der Waals surface area contributed by atoms with Gasteiger partial charge >= 0.3 is 0 Å². The van der Waals surface area contributed by atoms with Crippen LogP contribution in [0.1, 0.15) is 17.4 Å². The van der Waals surface area contributed by atoms with Crippen LogP contribution in [0, 0.1) is 0 Å². The number of nitrogens with zero attached hydrogens (tertiary/aromatic N) is 4. The summed E-state index contributed by atoms with van der Waals surface area (Å²) in [5, 5.41) is 0. The molecular formula is C14H14N4. The van der Waals surface area contributed by atoms with Gasteiger partial charge in [0.25, 0.3) is 0 Å². The second kappa shape index (κ2) is 4.49. The second-order valence-corrected chi connectivity index (χ2v) is 4.22. The Balaban J connectivity index is 2.14. The van der Waals surface area contributed by atoms with Crippen LogP contribution in [-0.4, -0.2) is 19.1 Å². The molecule has 1 atom stereocenters. The van der Waals surface area contributed by atoms with Crippen molar-refractivity contribution in [2.45, 2.75) is 6.04 Å². The van der Waals surface area contributed by atoms with Gasteiger partial charge in [-0.2, -0.15) is 0 Å². The molecule has 4 heteroatoms. The number of aromatic nitrogens is 4. The summed E-state index contributed by atoms with van der Waals surface area (Å²) in [5.74, 6) is 0.999. The summed E-state index contributed by atoms with van der Waals surface area (Å²) in [6, 6.07) is 10.4. The molecule has 1 aromatic carbocycles. The monoisotopic (exact) mass is 238 g/mol. The first-order valence-corrected chi connectivity index (χ1v) is 5.86. The number of hydrogen-bond acceptors (Lipinski definition) is 2. The van der Waals surface area contributed by atoms with Crippen LogP contribution in [-0.2, 0) is 7.05 Å². The van der Waals surface area contributed by atoms with E-state index in [0.717, 1.165) is 5.82 Å². The Hall–Kier alpha value is -2.36. The average Bonchev–Trinajstić information content (AvgIpc) is 3.05. The minimum absolute atomic E-state index is 0.0636. The molecule has 0 aliphatic rings. The number of hydrogen-bond donors (Lipinski definition) is 0. The lowest BCUT2D eigenvalue weighted by Gasteiger charge is -2.18. The highest BCUT2D eigenvalue weighted by atomic mass is 15.1. The Morgan fingerprint density at radius 2 is 1.89 bits per heavy atom. The first-order chi connectivity index (χ1) is 8.86. The van der Waals surface area contributed by atoms with Gasteiger partial charge in [-0.25, -0.2) is 9.97 Å². The number of aryl methyl sites for hydroxylation is 1. The topological polar surface area (TPSA) is 35.6 Å². The lowest BCUT2D eigenvalue weighted by molar-refractivity contribution is 0.607. The van der Waals surface area contributed by atoms with Gasteiger partial charge in [0.1, 0.15) is 11.9 Å². The molecule has 0 amide bonds. The zero-order chi connectivity index (χ0) is 12.4. The summed E-state index contributed by atoms with van der Waals surface area (Å²) in [6.07, 6.45) is 9.36. The van der Waals surface area contributed by atoms with Crippen LogP contribution in [0.25, 0.3) is 0 Å². The van der Waals surface area contributed by atoms with E-state index in [1.54, 1.807) is 6.20 Å². The zero-order valence-corrected chi connectivity index (χ0v) is 10.1. The fourth-order valence-electron chi connectivity index (χ4n) is 2.15. The number of rotatable bonds is 3. The van der Waals surface area contributed by atoms with Crippen LogP contribution in [0.5, 0.6) is 0 Å². The van der Waals surface area contributed by atoms with Crippen molar-refractivity contribution < 1.29 is 0 Å². The maximum atomic E-state index is 4.46. The van der Waals surface area contributed by atoms with Crippen LogP contribution in [0.15, 0.2) is 61.4 Å². The Morgan fingerprint density at radius 1 is 1.06 bits per heavy atom. The molecule has 2 aromatic heterocycles. The lowest BCUT2D eigenvalue weighted by Crippen LogP contribution is -2.15. The fourth-order valence-corrected chi connectivity index (χ4v) is 2.15. The van der Waals surface area contributed by atoms with E-state index < -0.39 is 0 Å². The maximum Gasteiger partial charge on any atom is 0.136 e. The van der Waals surface area contributed by atoms with Gasteiger partial charge < -0.3 is 9.13 Å². The average molecular weight is 238 g/mol. The smallest absolute Gasteiger partial charge is 0.136 e. The summed E-state index contributed by atoms with van der Waals surface area (Å²) in [7, 11) is 2.01. The molecule has 18 heavy (non-hydrogen) atoms. The van der Waals surface area contributed by atoms with Crippen molar-refractivity contribution >= 4 is 0 Å². The molecule has 90 valence electrons. The van der Waals surface area contributed by atoms with Crippen LogP contribution >= 0.6 is 0 Å². The van der Waals surface area contributed by atoms with Crippen molar-refractivity contribution in [1.82, 2.24) is 19.1 Å². The van der Waals surface area contributed by atoms with Crippen LogP contribution < -0.4 is 0 Å². The predicted molar refractivity (Wildman–Crippen MR) is 69.1 cm³/mol. The molecule has 0 aliphatic heterocycles. The van der Waals surface area contributed by atoms with Crippen LogP contribution in [0.3, 0.4) is 0 Å². The molecule has 3 rings (SSSR count). The van der Waals surface area contributed by atoms with Crippen molar-refractivity contribution in [3.05, 3.63) is 72.8 Å². The molecule has 0 radical (unpaired) electrons. The molecule has 0 fully saturated rings. The van der Waals surface area contributed by atoms with Crippen molar-refractivity contribution in [1.29, 1.82) is 0 Å². The van der Waals surface area contributed by atoms with Gasteiger partial charge in [-0.1, -0.05) is 30.3 Å². The third-order valence-corrected chi connectivity index (χ3v) is 3.04. The van der Waals surface area contributed by atoms with Crippen molar-refractivity contribution in [3.63, 3.8) is 0 Å². The Kier molecular flexibility index (Phi) is 2.68. The molecule has 0 bridgehead atoms. The van der Waals surface area contributed by atoms with Gasteiger partial charge in [-0.05, 0) is 5.56 Å². The third-order valence-electron chi connectivity index (χ3n) is 3.04. The van der Waals surface area contributed by atoms with E-state index in [0.29, 0.717) is 0 Å². The highest BCUT2D eigenvalue weighted by Gasteiger charge is 2.19. The van der Waals surface area contributed by atoms with Gasteiger partial charge in [0.15, 0.2) is 0 Å². The molecular weight excluding hydrogens is 224 g/mol. The van der Waals surface area contributed by atoms with Gasteiger partial charge in [0.2, 0.25) is 0 Å². The Labute approximate surface area is 106 Å². The molecule has 4 nitrogen and oxygen atoms in total. The Bertz CT molecular complexity index is 610. The molecule has 0 saturated heterocycles. The van der Waals surface area contributed by atoms with Crippen molar-refractivity contribution in [2.75, 3.05) is 0 Å². The normalized spacial score (nSPS) is 12.5. The standard InChI is InChI=1S/C14H14N4/c1-17-9-8-16-14(17)13(18-10-7-15-11-18)12-5-3-2-4-6-12/h2-11,13H,1H3. The van der Waals surface area contributed by atoms with Gasteiger partial charge in [-0.15, -0.1) is 0 Å². The van der Waals surface area contributed by atoms with E-state index in [1.165, 1.54) is 5.56 Å². The fraction of sp³-hybridized carbons (Fsp3) is 0.143. The SMILES string of the molecule is Cn1ccnc1C(c1ccccc1)n1ccnc1. The minimum Gasteiger partial charge on any atom is -0.336 e. The van der Waals surface area contributed by atoms with E-state index in [1.807, 2.05) is 54.7 Å². The molecule has 0 saturated carbocycles. The third kappa shape index (κ3) is 1.82. The van der Waals surface area contributed by atoms with Crippen LogP contribution in [0.2, 0.25) is 0 Å². The molecule has 1 unspecified atom stereocenters. The van der Waals surface area contributed by atoms with Crippen LogP contribution in [0.4, 0.5) is 0 Å². The van der Waals surface area contributed by atoms with Crippen molar-refractivity contribution in [2.24, 2.45) is 7.05 Å². The van der Waals surface area contributed by atoms with E-state index >= 15 is 0 Å². The summed E-state index contributed by atoms with van der Waals surface area (Å²) < 4.78 is 4.11. The van der Waals surface area contributed by atoms with E-state index in [4.69, 9.17) is 0 Å². The Morgan fingerprint density at radius 3 is 2.50 bits per heavy atom. The molecule has 2 heterocycles. The summed E-state index contributed by atoms with van der Waals surface area (Å²) in [4.78, 5) is 8.60. The summed E-state index contributed by atoms with van der Waals surface area (Å²) in [5.41, 5.74) is 1.20. The van der Waals surface area contributed by atoms with E-state index in [-0.39, 0.29) is 6.04 Å². The number of benzene rings is 1.